The predicted octanol–water partition coefficient (Wildman–Crippen LogP) is 4.80. The van der Waals surface area contributed by atoms with E-state index in [-0.39, 0.29) is 22.4 Å². The Morgan fingerprint density at radius 1 is 1.31 bits per heavy atom. The van der Waals surface area contributed by atoms with Crippen LogP contribution in [-0.4, -0.2) is 43.4 Å². The van der Waals surface area contributed by atoms with Gasteiger partial charge in [0.15, 0.2) is 11.5 Å². The number of ether oxygens (including phenoxy) is 3. The molecule has 29 heavy (non-hydrogen) atoms. The van der Waals surface area contributed by atoms with Crippen LogP contribution in [0.4, 0.5) is 0 Å². The number of carbonyl (C=O) groups excluding carboxylic acids is 1. The van der Waals surface area contributed by atoms with Crippen LogP contribution in [0.15, 0.2) is 39.7 Å². The molecule has 0 amide bonds. The van der Waals surface area contributed by atoms with Crippen LogP contribution in [0.2, 0.25) is 0 Å². The van der Waals surface area contributed by atoms with Crippen molar-refractivity contribution in [3.63, 3.8) is 0 Å². The fourth-order valence-electron chi connectivity index (χ4n) is 2.92. The standard InChI is InChI=1S/C20H26Cl2N2O4S/c1-7-29-19-16(22)18(15(21)17(20(25)27-6)24(19)23-4)28-12-8-9-14(26-5)13(10-12)11(2)3/h8-11,19,23H,7H2,1-6H3. The third-order valence-corrected chi connectivity index (χ3v) is 6.26. The van der Waals surface area contributed by atoms with Crippen LogP contribution in [0.5, 0.6) is 11.5 Å². The minimum Gasteiger partial charge on any atom is -0.496 e. The number of hydrogen-bond acceptors (Lipinski definition) is 7. The lowest BCUT2D eigenvalue weighted by molar-refractivity contribution is -0.138. The topological polar surface area (TPSA) is 60.0 Å². The molecule has 1 atom stereocenters. The van der Waals surface area contributed by atoms with E-state index in [4.69, 9.17) is 37.4 Å². The molecule has 6 nitrogen and oxygen atoms in total. The number of hydrazine groups is 1. The molecule has 0 aromatic heterocycles. The molecule has 1 aromatic rings. The maximum atomic E-state index is 12.4. The summed E-state index contributed by atoms with van der Waals surface area (Å²) in [7, 11) is 4.61. The number of rotatable bonds is 8. The zero-order valence-corrected chi connectivity index (χ0v) is 19.7. The molecule has 0 bridgehead atoms. The SMILES string of the molecule is CCSC1C(Cl)=C(Oc2ccc(OC)c(C(C)C)c2)C(Cl)=C(C(=O)OC)N1NC. The Hall–Kier alpha value is -1.54. The average molecular weight is 461 g/mol. The Balaban J connectivity index is 2.56. The van der Waals surface area contributed by atoms with Crippen molar-refractivity contribution in [2.45, 2.75) is 32.1 Å². The van der Waals surface area contributed by atoms with Gasteiger partial charge in [-0.05, 0) is 29.9 Å². The molecule has 1 aliphatic heterocycles. The number of halogens is 2. The summed E-state index contributed by atoms with van der Waals surface area (Å²) in [5.74, 6) is 1.94. The molecule has 160 valence electrons. The molecule has 1 aliphatic rings. The van der Waals surface area contributed by atoms with Gasteiger partial charge in [-0.2, -0.15) is 0 Å². The Kier molecular flexibility index (Phi) is 8.58. The highest BCUT2D eigenvalue weighted by atomic mass is 35.5. The van der Waals surface area contributed by atoms with E-state index >= 15 is 0 Å². The molecule has 1 unspecified atom stereocenters. The van der Waals surface area contributed by atoms with Crippen molar-refractivity contribution in [3.05, 3.63) is 45.3 Å². The molecule has 0 radical (unpaired) electrons. The lowest BCUT2D eigenvalue weighted by atomic mass is 10.0. The molecule has 0 aliphatic carbocycles. The normalized spacial score (nSPS) is 17.1. The van der Waals surface area contributed by atoms with E-state index in [0.717, 1.165) is 17.1 Å². The second-order valence-corrected chi connectivity index (χ2v) is 8.54. The van der Waals surface area contributed by atoms with E-state index in [1.165, 1.54) is 18.9 Å². The number of nitrogens with zero attached hydrogens (tertiary/aromatic N) is 1. The van der Waals surface area contributed by atoms with Crippen LogP contribution in [0.1, 0.15) is 32.3 Å². The molecule has 0 spiro atoms. The van der Waals surface area contributed by atoms with Crippen molar-refractivity contribution in [3.8, 4) is 11.5 Å². The van der Waals surface area contributed by atoms with Crippen LogP contribution in [-0.2, 0) is 9.53 Å². The van der Waals surface area contributed by atoms with Crippen molar-refractivity contribution in [2.75, 3.05) is 27.0 Å². The molecule has 1 N–H and O–H groups in total. The summed E-state index contributed by atoms with van der Waals surface area (Å²) in [6, 6.07) is 5.49. The Morgan fingerprint density at radius 2 is 2.00 bits per heavy atom. The zero-order valence-electron chi connectivity index (χ0n) is 17.3. The third-order valence-electron chi connectivity index (χ3n) is 4.30. The van der Waals surface area contributed by atoms with Gasteiger partial charge in [-0.25, -0.2) is 10.2 Å². The summed E-state index contributed by atoms with van der Waals surface area (Å²) in [6.07, 6.45) is 0. The highest BCUT2D eigenvalue weighted by Gasteiger charge is 2.39. The maximum absolute atomic E-state index is 12.4. The van der Waals surface area contributed by atoms with Gasteiger partial charge in [0.05, 0.1) is 19.3 Å². The van der Waals surface area contributed by atoms with Crippen LogP contribution in [0, 0.1) is 0 Å². The van der Waals surface area contributed by atoms with Gasteiger partial charge < -0.3 is 14.2 Å². The lowest BCUT2D eigenvalue weighted by Gasteiger charge is -2.37. The van der Waals surface area contributed by atoms with E-state index in [0.29, 0.717) is 10.8 Å². The van der Waals surface area contributed by atoms with Crippen molar-refractivity contribution >= 4 is 40.9 Å². The van der Waals surface area contributed by atoms with Crippen LogP contribution in [0.3, 0.4) is 0 Å². The van der Waals surface area contributed by atoms with Gasteiger partial charge >= 0.3 is 5.97 Å². The van der Waals surface area contributed by atoms with Gasteiger partial charge in [0, 0.05) is 12.6 Å². The molecule has 0 fully saturated rings. The molecular formula is C20H26Cl2N2O4S. The average Bonchev–Trinajstić information content (AvgIpc) is 2.72. The molecule has 0 saturated carbocycles. The van der Waals surface area contributed by atoms with Gasteiger partial charge in [-0.1, -0.05) is 44.0 Å². The molecule has 9 heteroatoms. The van der Waals surface area contributed by atoms with E-state index in [1.54, 1.807) is 25.2 Å². The van der Waals surface area contributed by atoms with Crippen molar-refractivity contribution in [1.82, 2.24) is 10.4 Å². The van der Waals surface area contributed by atoms with Crippen LogP contribution < -0.4 is 14.9 Å². The molecule has 1 heterocycles. The summed E-state index contributed by atoms with van der Waals surface area (Å²) in [6.45, 7) is 6.13. The first kappa shape index (κ1) is 23.7. The monoisotopic (exact) mass is 460 g/mol. The molecule has 1 aromatic carbocycles. The number of esters is 1. The summed E-state index contributed by atoms with van der Waals surface area (Å²) < 4.78 is 16.4. The van der Waals surface area contributed by atoms with Crippen molar-refractivity contribution in [1.29, 1.82) is 0 Å². The number of nitrogens with one attached hydrogen (secondary N) is 1. The summed E-state index contributed by atoms with van der Waals surface area (Å²) in [4.78, 5) is 12.4. The Labute approximate surface area is 186 Å². The lowest BCUT2D eigenvalue weighted by Crippen LogP contribution is -2.47. The highest BCUT2D eigenvalue weighted by molar-refractivity contribution is 8.00. The van der Waals surface area contributed by atoms with Crippen molar-refractivity contribution < 1.29 is 19.0 Å². The fraction of sp³-hybridized carbons (Fsp3) is 0.450. The number of thioether (sulfide) groups is 1. The second kappa shape index (κ2) is 10.5. The van der Waals surface area contributed by atoms with E-state index in [9.17, 15) is 4.79 Å². The highest BCUT2D eigenvalue weighted by Crippen LogP contribution is 2.41. The van der Waals surface area contributed by atoms with Gasteiger partial charge in [-0.15, -0.1) is 11.8 Å². The Morgan fingerprint density at radius 3 is 2.52 bits per heavy atom. The molecule has 2 rings (SSSR count). The molecule has 0 saturated heterocycles. The fourth-order valence-corrected chi connectivity index (χ4v) is 4.62. The quantitative estimate of drug-likeness (QED) is 0.558. The smallest absolute Gasteiger partial charge is 0.357 e. The van der Waals surface area contributed by atoms with Gasteiger partial charge in [-0.3, -0.25) is 5.01 Å². The van der Waals surface area contributed by atoms with E-state index in [2.05, 4.69) is 19.3 Å². The zero-order chi connectivity index (χ0) is 21.7. The number of benzene rings is 1. The number of allylic oxidation sites excluding steroid dienone is 1. The summed E-state index contributed by atoms with van der Waals surface area (Å²) in [5.41, 5.74) is 4.09. The number of carbonyl (C=O) groups is 1. The number of hydrogen-bond donors (Lipinski definition) is 1. The van der Waals surface area contributed by atoms with Gasteiger partial charge in [0.1, 0.15) is 21.9 Å². The Bertz CT molecular complexity index is 827. The van der Waals surface area contributed by atoms with Crippen LogP contribution >= 0.6 is 35.0 Å². The van der Waals surface area contributed by atoms with Crippen LogP contribution in [0.25, 0.3) is 0 Å². The molecular weight excluding hydrogens is 435 g/mol. The first-order valence-corrected chi connectivity index (χ1v) is 10.9. The largest absolute Gasteiger partial charge is 0.496 e. The number of methoxy groups -OCH3 is 2. The van der Waals surface area contributed by atoms with Gasteiger partial charge in [0.25, 0.3) is 0 Å². The minimum absolute atomic E-state index is 0.0751. The summed E-state index contributed by atoms with van der Waals surface area (Å²) >= 11 is 14.8. The summed E-state index contributed by atoms with van der Waals surface area (Å²) in [5, 5.41) is 1.64. The predicted molar refractivity (Wildman–Crippen MR) is 118 cm³/mol. The van der Waals surface area contributed by atoms with Crippen molar-refractivity contribution in [2.24, 2.45) is 0 Å². The third kappa shape index (κ3) is 4.97. The van der Waals surface area contributed by atoms with E-state index in [1.807, 2.05) is 19.1 Å². The first-order valence-electron chi connectivity index (χ1n) is 9.12. The minimum atomic E-state index is -0.589. The van der Waals surface area contributed by atoms with Gasteiger partial charge in [0.2, 0.25) is 0 Å². The first-order chi connectivity index (χ1) is 13.8. The van der Waals surface area contributed by atoms with E-state index < -0.39 is 11.3 Å². The second-order valence-electron chi connectivity index (χ2n) is 6.39. The maximum Gasteiger partial charge on any atom is 0.357 e.